The predicted molar refractivity (Wildman–Crippen MR) is 91.5 cm³/mol. The molecule has 8 heteroatoms. The van der Waals surface area contributed by atoms with Crippen LogP contribution in [0.4, 0.5) is 0 Å². The zero-order valence-electron chi connectivity index (χ0n) is 14.6. The van der Waals surface area contributed by atoms with Gasteiger partial charge in [0.1, 0.15) is 11.5 Å². The molecule has 2 amide bonds. The molecule has 1 heterocycles. The summed E-state index contributed by atoms with van der Waals surface area (Å²) in [4.78, 5) is 36.5. The van der Waals surface area contributed by atoms with E-state index < -0.39 is 5.97 Å². The average molecular weight is 360 g/mol. The lowest BCUT2D eigenvalue weighted by Gasteiger charge is -2.17. The molecule has 0 atom stereocenters. The first-order chi connectivity index (χ1) is 12.5. The van der Waals surface area contributed by atoms with E-state index in [0.29, 0.717) is 17.1 Å². The van der Waals surface area contributed by atoms with Crippen molar-refractivity contribution in [1.29, 1.82) is 0 Å². The van der Waals surface area contributed by atoms with E-state index in [4.69, 9.17) is 9.15 Å². The zero-order chi connectivity index (χ0) is 18.9. The topological polar surface area (TPSA) is 98.1 Å². The first kappa shape index (κ1) is 19.0. The summed E-state index contributed by atoms with van der Waals surface area (Å²) in [5.74, 6) is -0.0458. The van der Waals surface area contributed by atoms with Gasteiger partial charge in [0.05, 0.1) is 32.0 Å². The molecule has 0 fully saturated rings. The van der Waals surface area contributed by atoms with Crippen LogP contribution < -0.4 is 10.1 Å². The van der Waals surface area contributed by atoms with E-state index in [1.165, 1.54) is 37.5 Å². The molecule has 0 aliphatic rings. The van der Waals surface area contributed by atoms with Crippen LogP contribution in [0.25, 0.3) is 0 Å². The van der Waals surface area contributed by atoms with Gasteiger partial charge >= 0.3 is 5.97 Å². The number of methoxy groups -OCH3 is 1. The Morgan fingerprint density at radius 2 is 1.88 bits per heavy atom. The van der Waals surface area contributed by atoms with Crippen molar-refractivity contribution in [3.8, 4) is 5.75 Å². The van der Waals surface area contributed by atoms with Crippen molar-refractivity contribution in [3.63, 3.8) is 0 Å². The van der Waals surface area contributed by atoms with E-state index in [-0.39, 0.29) is 31.5 Å². The van der Waals surface area contributed by atoms with Crippen LogP contribution in [-0.4, -0.2) is 50.0 Å². The smallest absolute Gasteiger partial charge is 0.337 e. The third kappa shape index (κ3) is 5.66. The van der Waals surface area contributed by atoms with E-state index >= 15 is 0 Å². The number of likely N-dealkylation sites (N-methyl/N-ethyl adjacent to an activating group) is 1. The molecule has 2 aromatic rings. The Balaban J connectivity index is 1.74. The van der Waals surface area contributed by atoms with Crippen molar-refractivity contribution in [3.05, 3.63) is 54.0 Å². The molecule has 0 aliphatic carbocycles. The fourth-order valence-electron chi connectivity index (χ4n) is 2.02. The minimum Gasteiger partial charge on any atom is -0.484 e. The fourth-order valence-corrected chi connectivity index (χ4v) is 2.02. The highest BCUT2D eigenvalue weighted by molar-refractivity contribution is 5.89. The molecule has 0 saturated carbocycles. The summed E-state index contributed by atoms with van der Waals surface area (Å²) in [5, 5.41) is 2.66. The number of nitrogens with zero attached hydrogens (tertiary/aromatic N) is 1. The number of hydrogen-bond donors (Lipinski definition) is 1. The van der Waals surface area contributed by atoms with Crippen molar-refractivity contribution in [2.45, 2.75) is 6.54 Å². The van der Waals surface area contributed by atoms with Gasteiger partial charge in [0.2, 0.25) is 5.91 Å². The highest BCUT2D eigenvalue weighted by Gasteiger charge is 2.14. The summed E-state index contributed by atoms with van der Waals surface area (Å²) >= 11 is 0. The fraction of sp³-hybridized carbons (Fsp3) is 0.278. The van der Waals surface area contributed by atoms with E-state index in [1.54, 1.807) is 24.3 Å². The maximum absolute atomic E-state index is 12.0. The number of rotatable bonds is 8. The van der Waals surface area contributed by atoms with Gasteiger partial charge < -0.3 is 24.1 Å². The molecule has 8 nitrogen and oxygen atoms in total. The van der Waals surface area contributed by atoms with E-state index in [0.717, 1.165) is 0 Å². The third-order valence-corrected chi connectivity index (χ3v) is 3.48. The van der Waals surface area contributed by atoms with Crippen molar-refractivity contribution in [2.75, 3.05) is 27.3 Å². The standard InChI is InChI=1S/C18H20N2O6/c1-20(11-16(21)19-10-15-4-3-9-25-15)17(22)12-26-14-7-5-13(6-8-14)18(23)24-2/h3-9H,10-12H2,1-2H3,(H,19,21). The van der Waals surface area contributed by atoms with Crippen molar-refractivity contribution in [2.24, 2.45) is 0 Å². The SMILES string of the molecule is COC(=O)c1ccc(OCC(=O)N(C)CC(=O)NCc2ccco2)cc1. The third-order valence-electron chi connectivity index (χ3n) is 3.48. The first-order valence-electron chi connectivity index (χ1n) is 7.84. The zero-order valence-corrected chi connectivity index (χ0v) is 14.6. The molecule has 1 aromatic carbocycles. The van der Waals surface area contributed by atoms with Crippen LogP contribution in [0.3, 0.4) is 0 Å². The van der Waals surface area contributed by atoms with Crippen LogP contribution in [0.1, 0.15) is 16.1 Å². The maximum Gasteiger partial charge on any atom is 0.337 e. The molecular formula is C18H20N2O6. The van der Waals surface area contributed by atoms with Gasteiger partial charge in [0.15, 0.2) is 6.61 Å². The first-order valence-corrected chi connectivity index (χ1v) is 7.84. The van der Waals surface area contributed by atoms with Crippen molar-refractivity contribution in [1.82, 2.24) is 10.2 Å². The largest absolute Gasteiger partial charge is 0.484 e. The second kappa shape index (κ2) is 9.26. The van der Waals surface area contributed by atoms with Crippen LogP contribution in [-0.2, 0) is 20.9 Å². The van der Waals surface area contributed by atoms with Crippen molar-refractivity contribution >= 4 is 17.8 Å². The second-order valence-corrected chi connectivity index (χ2v) is 5.41. The van der Waals surface area contributed by atoms with Gasteiger partial charge in [-0.2, -0.15) is 0 Å². The van der Waals surface area contributed by atoms with Gasteiger partial charge in [0.25, 0.3) is 5.91 Å². The molecule has 0 bridgehead atoms. The van der Waals surface area contributed by atoms with Crippen LogP contribution in [0, 0.1) is 0 Å². The number of esters is 1. The predicted octanol–water partition coefficient (Wildman–Crippen LogP) is 1.22. The lowest BCUT2D eigenvalue weighted by atomic mass is 10.2. The van der Waals surface area contributed by atoms with Gasteiger partial charge in [-0.3, -0.25) is 9.59 Å². The molecule has 0 radical (unpaired) electrons. The van der Waals surface area contributed by atoms with Gasteiger partial charge in [-0.25, -0.2) is 4.79 Å². The number of amides is 2. The molecule has 1 N–H and O–H groups in total. The van der Waals surface area contributed by atoms with Gasteiger partial charge in [0, 0.05) is 7.05 Å². The summed E-state index contributed by atoms with van der Waals surface area (Å²) in [6, 6.07) is 9.68. The normalized spacial score (nSPS) is 10.1. The number of nitrogens with one attached hydrogen (secondary N) is 1. The molecule has 1 aromatic heterocycles. The van der Waals surface area contributed by atoms with Crippen LogP contribution in [0.5, 0.6) is 5.75 Å². The minimum atomic E-state index is -0.451. The Morgan fingerprint density at radius 1 is 1.15 bits per heavy atom. The second-order valence-electron chi connectivity index (χ2n) is 5.41. The molecule has 26 heavy (non-hydrogen) atoms. The van der Waals surface area contributed by atoms with Gasteiger partial charge in [-0.15, -0.1) is 0 Å². The molecule has 2 rings (SSSR count). The summed E-state index contributed by atoms with van der Waals surface area (Å²) in [6.07, 6.45) is 1.52. The molecular weight excluding hydrogens is 340 g/mol. The number of carbonyl (C=O) groups is 3. The molecule has 0 spiro atoms. The van der Waals surface area contributed by atoms with Crippen molar-refractivity contribution < 1.29 is 28.3 Å². The summed E-state index contributed by atoms with van der Waals surface area (Å²) in [5.41, 5.74) is 0.386. The Bertz CT molecular complexity index is 740. The Kier molecular flexibility index (Phi) is 6.78. The van der Waals surface area contributed by atoms with E-state index in [9.17, 15) is 14.4 Å². The number of hydrogen-bond acceptors (Lipinski definition) is 6. The van der Waals surface area contributed by atoms with E-state index in [1.807, 2.05) is 0 Å². The lowest BCUT2D eigenvalue weighted by Crippen LogP contribution is -2.40. The van der Waals surface area contributed by atoms with Crippen LogP contribution in [0.2, 0.25) is 0 Å². The highest BCUT2D eigenvalue weighted by atomic mass is 16.5. The Morgan fingerprint density at radius 3 is 2.50 bits per heavy atom. The Hall–Kier alpha value is -3.29. The molecule has 0 unspecified atom stereocenters. The summed E-state index contributed by atoms with van der Waals surface area (Å²) in [7, 11) is 2.81. The van der Waals surface area contributed by atoms with E-state index in [2.05, 4.69) is 10.1 Å². The van der Waals surface area contributed by atoms with Crippen LogP contribution in [0.15, 0.2) is 47.1 Å². The van der Waals surface area contributed by atoms with Crippen LogP contribution >= 0.6 is 0 Å². The molecule has 0 aliphatic heterocycles. The number of furan rings is 1. The quantitative estimate of drug-likeness (QED) is 0.711. The summed E-state index contributed by atoms with van der Waals surface area (Å²) < 4.78 is 15.1. The Labute approximate surface area is 150 Å². The maximum atomic E-state index is 12.0. The molecule has 138 valence electrons. The lowest BCUT2D eigenvalue weighted by molar-refractivity contribution is -0.136. The monoisotopic (exact) mass is 360 g/mol. The average Bonchev–Trinajstić information content (AvgIpc) is 3.17. The summed E-state index contributed by atoms with van der Waals surface area (Å²) in [6.45, 7) is -0.0549. The highest BCUT2D eigenvalue weighted by Crippen LogP contribution is 2.13. The van der Waals surface area contributed by atoms with Gasteiger partial charge in [-0.05, 0) is 36.4 Å². The number of carbonyl (C=O) groups excluding carboxylic acids is 3. The van der Waals surface area contributed by atoms with Gasteiger partial charge in [-0.1, -0.05) is 0 Å². The molecule has 0 saturated heterocycles. The number of benzene rings is 1. The minimum absolute atomic E-state index is 0.0931. The number of ether oxygens (including phenoxy) is 2.